The fourth-order valence-corrected chi connectivity index (χ4v) is 4.12. The summed E-state index contributed by atoms with van der Waals surface area (Å²) in [7, 11) is -3.73. The van der Waals surface area contributed by atoms with Crippen molar-refractivity contribution in [2.45, 2.75) is 33.4 Å². The molecule has 0 aliphatic carbocycles. The van der Waals surface area contributed by atoms with Crippen molar-refractivity contribution in [1.82, 2.24) is 10.2 Å². The molecule has 0 unspecified atom stereocenters. The fourth-order valence-electron chi connectivity index (χ4n) is 3.06. The van der Waals surface area contributed by atoms with Crippen molar-refractivity contribution < 1.29 is 18.0 Å². The van der Waals surface area contributed by atoms with Gasteiger partial charge in [0.15, 0.2) is 0 Å². The van der Waals surface area contributed by atoms with Crippen molar-refractivity contribution in [3.63, 3.8) is 0 Å². The minimum Gasteiger partial charge on any atom is -0.355 e. The quantitative estimate of drug-likeness (QED) is 0.616. The first-order valence-electron chi connectivity index (χ1n) is 9.89. The molecule has 0 aromatic heterocycles. The zero-order valence-corrected chi connectivity index (χ0v) is 19.7. The van der Waals surface area contributed by atoms with Crippen LogP contribution < -0.4 is 9.62 Å². The number of halogens is 1. The van der Waals surface area contributed by atoms with Gasteiger partial charge in [0, 0.05) is 18.1 Å². The highest BCUT2D eigenvalue weighted by Crippen LogP contribution is 2.20. The second-order valence-electron chi connectivity index (χ2n) is 7.33. The molecule has 2 aromatic rings. The Labute approximate surface area is 189 Å². The van der Waals surface area contributed by atoms with Gasteiger partial charge in [-0.05, 0) is 50.6 Å². The normalized spacial score (nSPS) is 12.2. The van der Waals surface area contributed by atoms with Crippen molar-refractivity contribution in [3.8, 4) is 0 Å². The summed E-state index contributed by atoms with van der Waals surface area (Å²) in [5, 5.41) is 3.22. The van der Waals surface area contributed by atoms with Gasteiger partial charge in [-0.2, -0.15) is 0 Å². The standard InChI is InChI=1S/C22H28ClN3O4S/c1-5-24-22(28)17(3)25(14-18-7-6-8-19(23)13-18)21(27)15-26(31(4,29)30)20-11-9-16(2)10-12-20/h6-13,17H,5,14-15H2,1-4H3,(H,24,28)/t17-/m0/s1. The number of benzene rings is 2. The number of nitrogens with zero attached hydrogens (tertiary/aromatic N) is 2. The second-order valence-corrected chi connectivity index (χ2v) is 9.67. The molecular formula is C22H28ClN3O4S. The topological polar surface area (TPSA) is 86.8 Å². The monoisotopic (exact) mass is 465 g/mol. The summed E-state index contributed by atoms with van der Waals surface area (Å²) in [6.07, 6.45) is 1.05. The molecule has 0 bridgehead atoms. The zero-order chi connectivity index (χ0) is 23.2. The maximum Gasteiger partial charge on any atom is 0.244 e. The average molecular weight is 466 g/mol. The van der Waals surface area contributed by atoms with Crippen LogP contribution in [0.5, 0.6) is 0 Å². The van der Waals surface area contributed by atoms with Gasteiger partial charge < -0.3 is 10.2 Å². The molecule has 7 nitrogen and oxygen atoms in total. The molecule has 0 saturated carbocycles. The van der Waals surface area contributed by atoms with Crippen molar-refractivity contribution in [2.24, 2.45) is 0 Å². The lowest BCUT2D eigenvalue weighted by Crippen LogP contribution is -2.51. The van der Waals surface area contributed by atoms with Gasteiger partial charge in [-0.3, -0.25) is 13.9 Å². The Morgan fingerprint density at radius 2 is 1.77 bits per heavy atom. The lowest BCUT2D eigenvalue weighted by Gasteiger charge is -2.31. The number of amides is 2. The van der Waals surface area contributed by atoms with E-state index in [4.69, 9.17) is 11.6 Å². The minimum absolute atomic E-state index is 0.114. The number of hydrogen-bond donors (Lipinski definition) is 1. The van der Waals surface area contributed by atoms with Crippen molar-refractivity contribution in [2.75, 3.05) is 23.7 Å². The van der Waals surface area contributed by atoms with Crippen LogP contribution in [0.3, 0.4) is 0 Å². The second kappa shape index (κ2) is 10.6. The van der Waals surface area contributed by atoms with Crippen LogP contribution >= 0.6 is 11.6 Å². The van der Waals surface area contributed by atoms with Gasteiger partial charge in [-0.25, -0.2) is 8.42 Å². The summed E-state index contributed by atoms with van der Waals surface area (Å²) in [5.74, 6) is -0.816. The van der Waals surface area contributed by atoms with Gasteiger partial charge in [0.1, 0.15) is 12.6 Å². The molecule has 0 saturated heterocycles. The van der Waals surface area contributed by atoms with Gasteiger partial charge in [-0.15, -0.1) is 0 Å². The Balaban J connectivity index is 2.37. The highest BCUT2D eigenvalue weighted by molar-refractivity contribution is 7.92. The van der Waals surface area contributed by atoms with Crippen LogP contribution in [-0.2, 0) is 26.2 Å². The number of nitrogens with one attached hydrogen (secondary N) is 1. The van der Waals surface area contributed by atoms with E-state index >= 15 is 0 Å². The van der Waals surface area contributed by atoms with E-state index in [0.717, 1.165) is 21.7 Å². The molecular weight excluding hydrogens is 438 g/mol. The molecule has 0 aliphatic heterocycles. The molecule has 2 amide bonds. The number of carbonyl (C=O) groups is 2. The number of sulfonamides is 1. The third kappa shape index (κ3) is 6.97. The van der Waals surface area contributed by atoms with Gasteiger partial charge in [0.25, 0.3) is 0 Å². The van der Waals surface area contributed by atoms with Gasteiger partial charge in [-0.1, -0.05) is 41.4 Å². The van der Waals surface area contributed by atoms with Crippen molar-refractivity contribution in [1.29, 1.82) is 0 Å². The molecule has 1 atom stereocenters. The molecule has 9 heteroatoms. The predicted molar refractivity (Wildman–Crippen MR) is 124 cm³/mol. The molecule has 1 N–H and O–H groups in total. The summed E-state index contributed by atoms with van der Waals surface area (Å²) in [4.78, 5) is 27.1. The summed E-state index contributed by atoms with van der Waals surface area (Å²) < 4.78 is 25.9. The van der Waals surface area contributed by atoms with Gasteiger partial charge in [0.2, 0.25) is 21.8 Å². The number of aryl methyl sites for hydroxylation is 1. The maximum absolute atomic E-state index is 13.3. The van der Waals surface area contributed by atoms with Crippen LogP contribution in [-0.4, -0.2) is 50.5 Å². The summed E-state index contributed by atoms with van der Waals surface area (Å²) in [6.45, 7) is 5.40. The highest BCUT2D eigenvalue weighted by Gasteiger charge is 2.29. The maximum atomic E-state index is 13.3. The van der Waals surface area contributed by atoms with Crippen molar-refractivity contribution in [3.05, 3.63) is 64.7 Å². The number of carbonyl (C=O) groups excluding carboxylic acids is 2. The third-order valence-electron chi connectivity index (χ3n) is 4.76. The Kier molecular flexibility index (Phi) is 8.47. The lowest BCUT2D eigenvalue weighted by atomic mass is 10.1. The Hall–Kier alpha value is -2.58. The molecule has 31 heavy (non-hydrogen) atoms. The first-order valence-corrected chi connectivity index (χ1v) is 12.1. The van der Waals surface area contributed by atoms with Crippen molar-refractivity contribution >= 4 is 39.1 Å². The SMILES string of the molecule is CCNC(=O)[C@H](C)N(Cc1cccc(Cl)c1)C(=O)CN(c1ccc(C)cc1)S(C)(=O)=O. The zero-order valence-electron chi connectivity index (χ0n) is 18.1. The predicted octanol–water partition coefficient (Wildman–Crippen LogP) is 2.97. The van der Waals surface area contributed by atoms with E-state index in [2.05, 4.69) is 5.32 Å². The summed E-state index contributed by atoms with van der Waals surface area (Å²) >= 11 is 6.07. The van der Waals surface area contributed by atoms with Gasteiger partial charge in [0.05, 0.1) is 11.9 Å². The van der Waals surface area contributed by atoms with E-state index in [0.29, 0.717) is 17.3 Å². The Morgan fingerprint density at radius 1 is 1.13 bits per heavy atom. The van der Waals surface area contributed by atoms with Crippen LogP contribution in [0.1, 0.15) is 25.0 Å². The van der Waals surface area contributed by atoms with Crippen LogP contribution in [0.2, 0.25) is 5.02 Å². The smallest absolute Gasteiger partial charge is 0.244 e. The van der Waals surface area contributed by atoms with E-state index < -0.39 is 28.5 Å². The highest BCUT2D eigenvalue weighted by atomic mass is 35.5. The van der Waals surface area contributed by atoms with Crippen LogP contribution in [0.4, 0.5) is 5.69 Å². The number of rotatable bonds is 9. The first-order chi connectivity index (χ1) is 14.5. The molecule has 168 valence electrons. The largest absolute Gasteiger partial charge is 0.355 e. The fraction of sp³-hybridized carbons (Fsp3) is 0.364. The van der Waals surface area contributed by atoms with Crippen LogP contribution in [0, 0.1) is 6.92 Å². The average Bonchev–Trinajstić information content (AvgIpc) is 2.70. The molecule has 2 rings (SSSR count). The molecule has 0 aliphatic rings. The first kappa shape index (κ1) is 24.7. The molecule has 2 aromatic carbocycles. The Morgan fingerprint density at radius 3 is 2.32 bits per heavy atom. The minimum atomic E-state index is -3.73. The number of likely N-dealkylation sites (N-methyl/N-ethyl adjacent to an activating group) is 1. The van der Waals surface area contributed by atoms with E-state index in [1.165, 1.54) is 4.90 Å². The van der Waals surface area contributed by atoms with E-state index in [1.807, 2.05) is 6.92 Å². The molecule has 0 spiro atoms. The van der Waals surface area contributed by atoms with E-state index in [9.17, 15) is 18.0 Å². The Bertz CT molecular complexity index is 1030. The van der Waals surface area contributed by atoms with Crippen LogP contribution in [0.15, 0.2) is 48.5 Å². The van der Waals surface area contributed by atoms with Gasteiger partial charge >= 0.3 is 0 Å². The molecule has 0 radical (unpaired) electrons. The molecule has 0 fully saturated rings. The summed E-state index contributed by atoms with van der Waals surface area (Å²) in [5.41, 5.74) is 2.09. The number of hydrogen-bond acceptors (Lipinski definition) is 4. The van der Waals surface area contributed by atoms with E-state index in [-0.39, 0.29) is 12.5 Å². The number of anilines is 1. The lowest BCUT2D eigenvalue weighted by molar-refractivity contribution is -0.139. The van der Waals surface area contributed by atoms with E-state index in [1.54, 1.807) is 62.4 Å². The summed E-state index contributed by atoms with van der Waals surface area (Å²) in [6, 6.07) is 13.0. The third-order valence-corrected chi connectivity index (χ3v) is 6.14. The molecule has 0 heterocycles. The van der Waals surface area contributed by atoms with Crippen LogP contribution in [0.25, 0.3) is 0 Å².